The summed E-state index contributed by atoms with van der Waals surface area (Å²) in [7, 11) is 0. The minimum atomic E-state index is -0.197. The van der Waals surface area contributed by atoms with Gasteiger partial charge in [0.05, 0.1) is 0 Å². The van der Waals surface area contributed by atoms with Crippen molar-refractivity contribution >= 4 is 17.5 Å². The van der Waals surface area contributed by atoms with E-state index < -0.39 is 0 Å². The predicted molar refractivity (Wildman–Crippen MR) is 100 cm³/mol. The maximum absolute atomic E-state index is 11.9. The Kier molecular flexibility index (Phi) is 5.92. The molecule has 0 radical (unpaired) electrons. The van der Waals surface area contributed by atoms with Crippen LogP contribution in [0.25, 0.3) is 11.3 Å². The van der Waals surface area contributed by atoms with Crippen molar-refractivity contribution in [3.05, 3.63) is 71.3 Å². The van der Waals surface area contributed by atoms with Gasteiger partial charge in [-0.3, -0.25) is 4.79 Å². The fourth-order valence-corrected chi connectivity index (χ4v) is 2.63. The first-order valence-corrected chi connectivity index (χ1v) is 8.66. The highest BCUT2D eigenvalue weighted by atomic mass is 35.5. The predicted octanol–water partition coefficient (Wildman–Crippen LogP) is 4.04. The molecule has 1 heterocycles. The van der Waals surface area contributed by atoms with E-state index in [0.717, 1.165) is 17.0 Å². The molecule has 0 unspecified atom stereocenters. The average Bonchev–Trinajstić information content (AvgIpc) is 3.02. The number of carbonyl (C=O) groups excluding carboxylic acids is 1. The van der Waals surface area contributed by atoms with Gasteiger partial charge in [0.1, 0.15) is 17.2 Å². The number of hydrogen-bond donors (Lipinski definition) is 1. The molecule has 0 atom stereocenters. The Morgan fingerprint density at radius 1 is 1.15 bits per heavy atom. The van der Waals surface area contributed by atoms with E-state index in [-0.39, 0.29) is 12.5 Å². The van der Waals surface area contributed by atoms with Crippen molar-refractivity contribution in [1.82, 2.24) is 10.3 Å². The zero-order valence-corrected chi connectivity index (χ0v) is 15.1. The number of rotatable bonds is 7. The minimum Gasteiger partial charge on any atom is -0.484 e. The molecule has 3 aromatic rings. The molecule has 1 N–H and O–H groups in total. The fourth-order valence-electron chi connectivity index (χ4n) is 2.51. The standard InChI is InChI=1S/C20H19ClN2O3/c1-14-23-20(15-5-3-2-4-6-15)18(26-14)11-12-22-19(24)13-25-17-9-7-16(21)8-10-17/h2-10H,11-13H2,1H3,(H,22,24). The van der Waals surface area contributed by atoms with Gasteiger partial charge in [0, 0.05) is 30.5 Å². The van der Waals surface area contributed by atoms with E-state index in [9.17, 15) is 4.79 Å². The van der Waals surface area contributed by atoms with Gasteiger partial charge in [0.25, 0.3) is 5.91 Å². The van der Waals surface area contributed by atoms with Crippen LogP contribution in [0.15, 0.2) is 59.0 Å². The molecule has 1 aromatic heterocycles. The van der Waals surface area contributed by atoms with Crippen molar-refractivity contribution < 1.29 is 13.9 Å². The summed E-state index contributed by atoms with van der Waals surface area (Å²) >= 11 is 5.81. The quantitative estimate of drug-likeness (QED) is 0.681. The summed E-state index contributed by atoms with van der Waals surface area (Å²) in [5, 5.41) is 3.45. The van der Waals surface area contributed by atoms with Gasteiger partial charge < -0.3 is 14.5 Å². The Balaban J connectivity index is 1.50. The third-order valence-electron chi connectivity index (χ3n) is 3.71. The van der Waals surface area contributed by atoms with E-state index in [0.29, 0.717) is 29.6 Å². The minimum absolute atomic E-state index is 0.0530. The summed E-state index contributed by atoms with van der Waals surface area (Å²) in [6.45, 7) is 2.20. The van der Waals surface area contributed by atoms with Crippen molar-refractivity contribution in [3.63, 3.8) is 0 Å². The molecule has 5 nitrogen and oxygen atoms in total. The van der Waals surface area contributed by atoms with Crippen LogP contribution in [0.3, 0.4) is 0 Å². The summed E-state index contributed by atoms with van der Waals surface area (Å²) in [6, 6.07) is 16.7. The molecular formula is C20H19ClN2O3. The zero-order valence-electron chi connectivity index (χ0n) is 14.4. The summed E-state index contributed by atoms with van der Waals surface area (Å²) in [5.74, 6) is 1.77. The van der Waals surface area contributed by atoms with Crippen LogP contribution in [0.1, 0.15) is 11.7 Å². The number of aryl methyl sites for hydroxylation is 1. The van der Waals surface area contributed by atoms with E-state index in [1.807, 2.05) is 37.3 Å². The second-order valence-electron chi connectivity index (χ2n) is 5.71. The van der Waals surface area contributed by atoms with Crippen LogP contribution in [-0.4, -0.2) is 24.0 Å². The first-order valence-electron chi connectivity index (χ1n) is 8.28. The topological polar surface area (TPSA) is 64.4 Å². The SMILES string of the molecule is Cc1nc(-c2ccccc2)c(CCNC(=O)COc2ccc(Cl)cc2)o1. The summed E-state index contributed by atoms with van der Waals surface area (Å²) in [4.78, 5) is 16.4. The molecule has 0 aliphatic carbocycles. The molecule has 1 amide bonds. The number of nitrogens with zero attached hydrogens (tertiary/aromatic N) is 1. The number of oxazole rings is 1. The van der Waals surface area contributed by atoms with Gasteiger partial charge in [0.15, 0.2) is 12.5 Å². The van der Waals surface area contributed by atoms with Crippen molar-refractivity contribution in [3.8, 4) is 17.0 Å². The Bertz CT molecular complexity index is 861. The molecule has 134 valence electrons. The third-order valence-corrected chi connectivity index (χ3v) is 3.96. The lowest BCUT2D eigenvalue weighted by atomic mass is 10.1. The monoisotopic (exact) mass is 370 g/mol. The number of halogens is 1. The molecular weight excluding hydrogens is 352 g/mol. The number of benzene rings is 2. The first kappa shape index (κ1) is 18.0. The van der Waals surface area contributed by atoms with E-state index >= 15 is 0 Å². The van der Waals surface area contributed by atoms with Crippen LogP contribution >= 0.6 is 11.6 Å². The Morgan fingerprint density at radius 3 is 2.62 bits per heavy atom. The summed E-state index contributed by atoms with van der Waals surface area (Å²) in [6.07, 6.45) is 0.553. The fraction of sp³-hybridized carbons (Fsp3) is 0.200. The zero-order chi connectivity index (χ0) is 18.4. The third kappa shape index (κ3) is 4.86. The molecule has 26 heavy (non-hydrogen) atoms. The van der Waals surface area contributed by atoms with Gasteiger partial charge in [0.2, 0.25) is 0 Å². The van der Waals surface area contributed by atoms with E-state index in [1.54, 1.807) is 24.3 Å². The molecule has 0 saturated carbocycles. The van der Waals surface area contributed by atoms with Crippen LogP contribution in [-0.2, 0) is 11.2 Å². The van der Waals surface area contributed by atoms with E-state index in [4.69, 9.17) is 20.8 Å². The van der Waals surface area contributed by atoms with Crippen LogP contribution in [0.2, 0.25) is 5.02 Å². The lowest BCUT2D eigenvalue weighted by Crippen LogP contribution is -2.30. The lowest BCUT2D eigenvalue weighted by Gasteiger charge is -2.07. The lowest BCUT2D eigenvalue weighted by molar-refractivity contribution is -0.123. The number of amides is 1. The normalized spacial score (nSPS) is 10.5. The van der Waals surface area contributed by atoms with Gasteiger partial charge in [-0.05, 0) is 24.3 Å². The summed E-state index contributed by atoms with van der Waals surface area (Å²) < 4.78 is 11.1. The highest BCUT2D eigenvalue weighted by Crippen LogP contribution is 2.23. The Hall–Kier alpha value is -2.79. The van der Waals surface area contributed by atoms with Crippen molar-refractivity contribution in [2.75, 3.05) is 13.2 Å². The second-order valence-corrected chi connectivity index (χ2v) is 6.15. The van der Waals surface area contributed by atoms with Crippen molar-refractivity contribution in [1.29, 1.82) is 0 Å². The molecule has 0 spiro atoms. The Morgan fingerprint density at radius 2 is 1.88 bits per heavy atom. The summed E-state index contributed by atoms with van der Waals surface area (Å²) in [5.41, 5.74) is 1.81. The van der Waals surface area contributed by atoms with Gasteiger partial charge >= 0.3 is 0 Å². The molecule has 0 aliphatic rings. The van der Waals surface area contributed by atoms with Gasteiger partial charge in [-0.15, -0.1) is 0 Å². The number of aromatic nitrogens is 1. The van der Waals surface area contributed by atoms with Gasteiger partial charge in [-0.25, -0.2) is 4.98 Å². The maximum Gasteiger partial charge on any atom is 0.257 e. The van der Waals surface area contributed by atoms with Crippen LogP contribution < -0.4 is 10.1 Å². The Labute approximate surface area is 157 Å². The largest absolute Gasteiger partial charge is 0.484 e. The smallest absolute Gasteiger partial charge is 0.257 e. The molecule has 6 heteroatoms. The van der Waals surface area contributed by atoms with Gasteiger partial charge in [-0.2, -0.15) is 0 Å². The number of ether oxygens (including phenoxy) is 1. The highest BCUT2D eigenvalue weighted by Gasteiger charge is 2.13. The van der Waals surface area contributed by atoms with Gasteiger partial charge in [-0.1, -0.05) is 41.9 Å². The maximum atomic E-state index is 11.9. The average molecular weight is 371 g/mol. The van der Waals surface area contributed by atoms with E-state index in [1.165, 1.54) is 0 Å². The van der Waals surface area contributed by atoms with Crippen molar-refractivity contribution in [2.45, 2.75) is 13.3 Å². The highest BCUT2D eigenvalue weighted by molar-refractivity contribution is 6.30. The second kappa shape index (κ2) is 8.54. The number of nitrogens with one attached hydrogen (secondary N) is 1. The first-order chi connectivity index (χ1) is 12.6. The number of hydrogen-bond acceptors (Lipinski definition) is 4. The number of carbonyl (C=O) groups is 1. The van der Waals surface area contributed by atoms with Crippen LogP contribution in [0.5, 0.6) is 5.75 Å². The van der Waals surface area contributed by atoms with Crippen LogP contribution in [0.4, 0.5) is 0 Å². The van der Waals surface area contributed by atoms with E-state index in [2.05, 4.69) is 10.3 Å². The molecule has 3 rings (SSSR count). The molecule has 0 bridgehead atoms. The molecule has 0 fully saturated rings. The van der Waals surface area contributed by atoms with Crippen LogP contribution in [0, 0.1) is 6.92 Å². The van der Waals surface area contributed by atoms with Crippen molar-refractivity contribution in [2.24, 2.45) is 0 Å². The molecule has 0 aliphatic heterocycles. The molecule has 2 aromatic carbocycles. The molecule has 0 saturated heterocycles.